The summed E-state index contributed by atoms with van der Waals surface area (Å²) in [6.45, 7) is 9.32. The number of ether oxygens (including phenoxy) is 1. The summed E-state index contributed by atoms with van der Waals surface area (Å²) in [6, 6.07) is 0. The standard InChI is InChI=1S/C21H34O3/c1-13(2)15-6-8-20(4)11-18-16(7-9-21(18,23)12-24-5)14(3)19(22)10-17(15)20/h11,13-14,16,19,22-23H,6-10,12H2,1-5H3/b18-11+/t14-,16+,19+,20-,21+/m1/s1. The SMILES string of the molecule is COC[C@@]1(O)CC[C@@H]2/C1=C\[C@@]1(C)CCC(C(C)C)=C1C[C@H](O)[C@@H]2C. The Bertz CT molecular complexity index is 561. The van der Waals surface area contributed by atoms with E-state index in [1.807, 2.05) is 0 Å². The molecule has 3 rings (SSSR count). The molecule has 0 aromatic carbocycles. The fourth-order valence-corrected chi connectivity index (χ4v) is 5.45. The number of allylic oxidation sites excluding steroid dienone is 2. The molecule has 3 aliphatic rings. The van der Waals surface area contributed by atoms with Crippen molar-refractivity contribution in [1.82, 2.24) is 0 Å². The molecule has 0 amide bonds. The summed E-state index contributed by atoms with van der Waals surface area (Å²) in [7, 11) is 1.66. The fraction of sp³-hybridized carbons (Fsp3) is 0.810. The van der Waals surface area contributed by atoms with Gasteiger partial charge in [0.1, 0.15) is 5.60 Å². The van der Waals surface area contributed by atoms with E-state index in [9.17, 15) is 10.2 Å². The lowest BCUT2D eigenvalue weighted by molar-refractivity contribution is -0.00113. The van der Waals surface area contributed by atoms with Crippen molar-refractivity contribution >= 4 is 0 Å². The Morgan fingerprint density at radius 1 is 1.33 bits per heavy atom. The molecule has 0 saturated heterocycles. The van der Waals surface area contributed by atoms with Crippen molar-refractivity contribution in [3.05, 3.63) is 22.8 Å². The van der Waals surface area contributed by atoms with Crippen molar-refractivity contribution in [3.63, 3.8) is 0 Å². The second-order valence-corrected chi connectivity index (χ2v) is 8.92. The van der Waals surface area contributed by atoms with Crippen LogP contribution in [-0.2, 0) is 4.74 Å². The number of fused-ring (bicyclic) bond motifs is 2. The molecule has 1 saturated carbocycles. The number of hydrogen-bond donors (Lipinski definition) is 2. The van der Waals surface area contributed by atoms with Gasteiger partial charge in [-0.05, 0) is 55.4 Å². The van der Waals surface area contributed by atoms with Crippen LogP contribution in [-0.4, -0.2) is 35.6 Å². The largest absolute Gasteiger partial charge is 0.392 e. The first-order valence-electron chi connectivity index (χ1n) is 9.57. The number of hydrogen-bond acceptors (Lipinski definition) is 3. The van der Waals surface area contributed by atoms with Crippen LogP contribution >= 0.6 is 0 Å². The molecule has 0 aromatic rings. The van der Waals surface area contributed by atoms with Gasteiger partial charge in [0.15, 0.2) is 0 Å². The van der Waals surface area contributed by atoms with Crippen LogP contribution in [0.25, 0.3) is 0 Å². The molecule has 136 valence electrons. The van der Waals surface area contributed by atoms with Crippen LogP contribution in [0.3, 0.4) is 0 Å². The van der Waals surface area contributed by atoms with E-state index in [4.69, 9.17) is 4.74 Å². The molecule has 2 N–H and O–H groups in total. The van der Waals surface area contributed by atoms with Gasteiger partial charge in [0.05, 0.1) is 12.7 Å². The van der Waals surface area contributed by atoms with Crippen molar-refractivity contribution in [2.24, 2.45) is 23.2 Å². The van der Waals surface area contributed by atoms with Crippen LogP contribution in [0, 0.1) is 23.2 Å². The molecule has 3 heteroatoms. The highest BCUT2D eigenvalue weighted by atomic mass is 16.5. The lowest BCUT2D eigenvalue weighted by atomic mass is 9.69. The minimum atomic E-state index is -0.862. The van der Waals surface area contributed by atoms with E-state index < -0.39 is 5.60 Å². The molecule has 0 aromatic heterocycles. The van der Waals surface area contributed by atoms with Gasteiger partial charge in [-0.25, -0.2) is 0 Å². The minimum absolute atomic E-state index is 0.0274. The topological polar surface area (TPSA) is 49.7 Å². The van der Waals surface area contributed by atoms with E-state index >= 15 is 0 Å². The first kappa shape index (κ1) is 18.2. The molecule has 3 nitrogen and oxygen atoms in total. The molecular weight excluding hydrogens is 300 g/mol. The van der Waals surface area contributed by atoms with Gasteiger partial charge >= 0.3 is 0 Å². The zero-order chi connectivity index (χ0) is 17.7. The van der Waals surface area contributed by atoms with Gasteiger partial charge in [-0.2, -0.15) is 0 Å². The van der Waals surface area contributed by atoms with Crippen LogP contribution in [0.15, 0.2) is 22.8 Å². The van der Waals surface area contributed by atoms with Crippen molar-refractivity contribution < 1.29 is 14.9 Å². The van der Waals surface area contributed by atoms with E-state index in [1.165, 1.54) is 11.1 Å². The summed E-state index contributed by atoms with van der Waals surface area (Å²) in [5, 5.41) is 22.1. The van der Waals surface area contributed by atoms with Crippen LogP contribution < -0.4 is 0 Å². The molecule has 0 unspecified atom stereocenters. The zero-order valence-corrected chi connectivity index (χ0v) is 15.9. The predicted octanol–water partition coefficient (Wildman–Crippen LogP) is 3.85. The maximum absolute atomic E-state index is 11.2. The molecule has 0 radical (unpaired) electrons. The number of aliphatic hydroxyl groups excluding tert-OH is 1. The van der Waals surface area contributed by atoms with Gasteiger partial charge in [0.25, 0.3) is 0 Å². The third-order valence-corrected chi connectivity index (χ3v) is 7.01. The molecule has 24 heavy (non-hydrogen) atoms. The first-order chi connectivity index (χ1) is 11.2. The monoisotopic (exact) mass is 334 g/mol. The highest BCUT2D eigenvalue weighted by Gasteiger charge is 2.49. The molecule has 0 aliphatic heterocycles. The molecule has 3 aliphatic carbocycles. The van der Waals surface area contributed by atoms with Crippen molar-refractivity contribution in [2.45, 2.75) is 71.5 Å². The Balaban J connectivity index is 2.12. The Morgan fingerprint density at radius 2 is 2.04 bits per heavy atom. The lowest BCUT2D eigenvalue weighted by Crippen LogP contribution is -2.38. The molecule has 1 fully saturated rings. The van der Waals surface area contributed by atoms with Gasteiger partial charge in [-0.1, -0.05) is 44.9 Å². The lowest BCUT2D eigenvalue weighted by Gasteiger charge is -2.38. The summed E-state index contributed by atoms with van der Waals surface area (Å²) < 4.78 is 5.35. The first-order valence-corrected chi connectivity index (χ1v) is 9.57. The summed E-state index contributed by atoms with van der Waals surface area (Å²) >= 11 is 0. The Hall–Kier alpha value is -0.640. The van der Waals surface area contributed by atoms with Crippen molar-refractivity contribution in [1.29, 1.82) is 0 Å². The number of aliphatic hydroxyl groups is 2. The molecule has 0 spiro atoms. The minimum Gasteiger partial charge on any atom is -0.392 e. The van der Waals surface area contributed by atoms with Gasteiger partial charge < -0.3 is 14.9 Å². The Kier molecular flexibility index (Phi) is 4.74. The average Bonchev–Trinajstić information content (AvgIpc) is 2.98. The van der Waals surface area contributed by atoms with Crippen LogP contribution in [0.1, 0.15) is 59.8 Å². The summed E-state index contributed by atoms with van der Waals surface area (Å²) in [6.07, 6.45) is 6.71. The van der Waals surface area contributed by atoms with Crippen LogP contribution in [0.5, 0.6) is 0 Å². The maximum Gasteiger partial charge on any atom is 0.109 e. The molecule has 5 atom stereocenters. The van der Waals surface area contributed by atoms with Gasteiger partial charge in [0, 0.05) is 12.5 Å². The third-order valence-electron chi connectivity index (χ3n) is 7.01. The third kappa shape index (κ3) is 2.79. The van der Waals surface area contributed by atoms with Gasteiger partial charge in [0.2, 0.25) is 0 Å². The summed E-state index contributed by atoms with van der Waals surface area (Å²) in [5.41, 5.74) is 3.18. The number of methoxy groups -OCH3 is 1. The Morgan fingerprint density at radius 3 is 2.67 bits per heavy atom. The molecule has 0 heterocycles. The van der Waals surface area contributed by atoms with Crippen molar-refractivity contribution in [3.8, 4) is 0 Å². The quantitative estimate of drug-likeness (QED) is 0.771. The summed E-state index contributed by atoms with van der Waals surface area (Å²) in [5.74, 6) is 0.967. The number of rotatable bonds is 3. The highest BCUT2D eigenvalue weighted by molar-refractivity contribution is 5.40. The van der Waals surface area contributed by atoms with E-state index in [-0.39, 0.29) is 23.4 Å². The Labute approximate surface area is 146 Å². The van der Waals surface area contributed by atoms with Crippen LogP contribution in [0.2, 0.25) is 0 Å². The molecular formula is C21H34O3. The maximum atomic E-state index is 11.2. The summed E-state index contributed by atoms with van der Waals surface area (Å²) in [4.78, 5) is 0. The normalized spacial score (nSPS) is 44.8. The van der Waals surface area contributed by atoms with E-state index in [0.29, 0.717) is 12.5 Å². The smallest absolute Gasteiger partial charge is 0.109 e. The van der Waals surface area contributed by atoms with Crippen LogP contribution in [0.4, 0.5) is 0 Å². The fourth-order valence-electron chi connectivity index (χ4n) is 5.45. The second kappa shape index (κ2) is 6.26. The van der Waals surface area contributed by atoms with E-state index in [1.54, 1.807) is 7.11 Å². The predicted molar refractivity (Wildman–Crippen MR) is 96.6 cm³/mol. The van der Waals surface area contributed by atoms with Gasteiger partial charge in [-0.15, -0.1) is 0 Å². The van der Waals surface area contributed by atoms with E-state index in [2.05, 4.69) is 33.8 Å². The van der Waals surface area contributed by atoms with Crippen molar-refractivity contribution in [2.75, 3.05) is 13.7 Å². The second-order valence-electron chi connectivity index (χ2n) is 8.92. The molecule has 0 bridgehead atoms. The average molecular weight is 335 g/mol. The highest BCUT2D eigenvalue weighted by Crippen LogP contribution is 2.55. The zero-order valence-electron chi connectivity index (χ0n) is 15.9. The van der Waals surface area contributed by atoms with Gasteiger partial charge in [-0.3, -0.25) is 0 Å². The van der Waals surface area contributed by atoms with E-state index in [0.717, 1.165) is 37.7 Å².